The van der Waals surface area contributed by atoms with Gasteiger partial charge in [0, 0.05) is 12.6 Å². The highest BCUT2D eigenvalue weighted by molar-refractivity contribution is 5.63. The lowest BCUT2D eigenvalue weighted by atomic mass is 10.1. The number of rotatable bonds is 6. The summed E-state index contributed by atoms with van der Waals surface area (Å²) >= 11 is 0. The average molecular weight is 234 g/mol. The topological polar surface area (TPSA) is 55.2 Å². The molecule has 1 aromatic rings. The zero-order valence-electron chi connectivity index (χ0n) is 10.3. The molecule has 1 N–H and O–H groups in total. The second-order valence-electron chi connectivity index (χ2n) is 3.75. The first-order valence-electron chi connectivity index (χ1n) is 5.82. The van der Waals surface area contributed by atoms with Gasteiger partial charge in [0.05, 0.1) is 10.5 Å². The molecule has 0 radical (unpaired) electrons. The first kappa shape index (κ1) is 13.4. The molecule has 0 heterocycles. The Kier molecular flexibility index (Phi) is 5.36. The number of nitro benzene ring substituents is 1. The lowest BCUT2D eigenvalue weighted by Crippen LogP contribution is -2.15. The van der Waals surface area contributed by atoms with Crippen LogP contribution in [0.3, 0.4) is 0 Å². The van der Waals surface area contributed by atoms with E-state index < -0.39 is 0 Å². The van der Waals surface area contributed by atoms with E-state index >= 15 is 0 Å². The number of hydrogen-bond donors (Lipinski definition) is 1. The smallest absolute Gasteiger partial charge is 0.276 e. The van der Waals surface area contributed by atoms with Gasteiger partial charge in [-0.2, -0.15) is 0 Å². The van der Waals surface area contributed by atoms with Gasteiger partial charge in [0.2, 0.25) is 0 Å². The molecule has 0 unspecified atom stereocenters. The Bertz CT molecular complexity index is 414. The highest BCUT2D eigenvalue weighted by Crippen LogP contribution is 2.21. The summed E-state index contributed by atoms with van der Waals surface area (Å²) < 4.78 is 0. The molecule has 4 nitrogen and oxygen atoms in total. The monoisotopic (exact) mass is 234 g/mol. The molecule has 0 atom stereocenters. The first-order chi connectivity index (χ1) is 8.19. The van der Waals surface area contributed by atoms with Crippen molar-refractivity contribution in [1.82, 2.24) is 5.32 Å². The standard InChI is InChI=1S/C13H18N2O2/c1-3-11(10-14-4-2)9-12-7-5-6-8-13(12)15(16)17/h5-9,14H,3-4,10H2,1-2H3. The summed E-state index contributed by atoms with van der Waals surface area (Å²) in [6.07, 6.45) is 2.79. The van der Waals surface area contributed by atoms with E-state index in [0.29, 0.717) is 5.56 Å². The molecule has 1 aromatic carbocycles. The van der Waals surface area contributed by atoms with Crippen molar-refractivity contribution in [2.45, 2.75) is 20.3 Å². The Labute approximate surface area is 101 Å². The molecule has 0 aliphatic carbocycles. The van der Waals surface area contributed by atoms with Gasteiger partial charge in [-0.3, -0.25) is 10.1 Å². The van der Waals surface area contributed by atoms with Crippen LogP contribution in [0.5, 0.6) is 0 Å². The van der Waals surface area contributed by atoms with E-state index in [1.54, 1.807) is 12.1 Å². The molecular weight excluding hydrogens is 216 g/mol. The normalized spacial score (nSPS) is 11.5. The second kappa shape index (κ2) is 6.81. The van der Waals surface area contributed by atoms with Crippen LogP contribution in [0.25, 0.3) is 6.08 Å². The number of benzene rings is 1. The van der Waals surface area contributed by atoms with Gasteiger partial charge in [-0.15, -0.1) is 0 Å². The van der Waals surface area contributed by atoms with Gasteiger partial charge in [-0.25, -0.2) is 0 Å². The third kappa shape index (κ3) is 4.00. The highest BCUT2D eigenvalue weighted by Gasteiger charge is 2.10. The Morgan fingerprint density at radius 3 is 2.71 bits per heavy atom. The molecule has 0 amide bonds. The molecule has 17 heavy (non-hydrogen) atoms. The lowest BCUT2D eigenvalue weighted by Gasteiger charge is -2.05. The summed E-state index contributed by atoms with van der Waals surface area (Å²) in [6.45, 7) is 5.77. The number of para-hydroxylation sites is 1. The van der Waals surface area contributed by atoms with Crippen LogP contribution >= 0.6 is 0 Å². The van der Waals surface area contributed by atoms with Gasteiger partial charge >= 0.3 is 0 Å². The van der Waals surface area contributed by atoms with E-state index in [2.05, 4.69) is 12.2 Å². The van der Waals surface area contributed by atoms with Crippen molar-refractivity contribution in [2.75, 3.05) is 13.1 Å². The van der Waals surface area contributed by atoms with Crippen LogP contribution in [0.1, 0.15) is 25.8 Å². The maximum absolute atomic E-state index is 10.9. The zero-order chi connectivity index (χ0) is 12.7. The zero-order valence-corrected chi connectivity index (χ0v) is 10.3. The minimum Gasteiger partial charge on any atom is -0.313 e. The maximum Gasteiger partial charge on any atom is 0.276 e. The number of nitrogens with zero attached hydrogens (tertiary/aromatic N) is 1. The summed E-state index contributed by atoms with van der Waals surface area (Å²) in [7, 11) is 0. The Balaban J connectivity index is 2.98. The third-order valence-electron chi connectivity index (χ3n) is 2.55. The molecule has 0 aromatic heterocycles. The summed E-state index contributed by atoms with van der Waals surface area (Å²) in [5.41, 5.74) is 2.00. The van der Waals surface area contributed by atoms with E-state index in [1.807, 2.05) is 19.1 Å². The van der Waals surface area contributed by atoms with Crippen LogP contribution < -0.4 is 5.32 Å². The molecule has 0 aliphatic heterocycles. The van der Waals surface area contributed by atoms with Crippen molar-refractivity contribution >= 4 is 11.8 Å². The van der Waals surface area contributed by atoms with Crippen molar-refractivity contribution in [2.24, 2.45) is 0 Å². The molecular formula is C13H18N2O2. The van der Waals surface area contributed by atoms with Crippen molar-refractivity contribution in [3.63, 3.8) is 0 Å². The fourth-order valence-electron chi connectivity index (χ4n) is 1.56. The molecule has 0 saturated carbocycles. The van der Waals surface area contributed by atoms with Gasteiger partial charge in [-0.05, 0) is 25.1 Å². The largest absolute Gasteiger partial charge is 0.313 e. The summed E-state index contributed by atoms with van der Waals surface area (Å²) in [6, 6.07) is 6.82. The van der Waals surface area contributed by atoms with Gasteiger partial charge < -0.3 is 5.32 Å². The van der Waals surface area contributed by atoms with Crippen LogP contribution in [-0.4, -0.2) is 18.0 Å². The summed E-state index contributed by atoms with van der Waals surface area (Å²) in [4.78, 5) is 10.5. The Hall–Kier alpha value is -1.68. The fourth-order valence-corrected chi connectivity index (χ4v) is 1.56. The molecule has 1 rings (SSSR count). The van der Waals surface area contributed by atoms with Crippen LogP contribution in [0, 0.1) is 10.1 Å². The fraction of sp³-hybridized carbons (Fsp3) is 0.385. The SMILES string of the molecule is CCNCC(=Cc1ccccc1[N+](=O)[O-])CC. The Morgan fingerprint density at radius 2 is 2.12 bits per heavy atom. The lowest BCUT2D eigenvalue weighted by molar-refractivity contribution is -0.385. The summed E-state index contributed by atoms with van der Waals surface area (Å²) in [5, 5.41) is 14.1. The Morgan fingerprint density at radius 1 is 1.41 bits per heavy atom. The van der Waals surface area contributed by atoms with Crippen LogP contribution in [-0.2, 0) is 0 Å². The predicted molar refractivity (Wildman–Crippen MR) is 69.9 cm³/mol. The van der Waals surface area contributed by atoms with Crippen LogP contribution in [0.15, 0.2) is 29.8 Å². The molecule has 0 spiro atoms. The van der Waals surface area contributed by atoms with Crippen molar-refractivity contribution in [3.05, 3.63) is 45.5 Å². The van der Waals surface area contributed by atoms with Gasteiger partial charge in [0.1, 0.15) is 0 Å². The second-order valence-corrected chi connectivity index (χ2v) is 3.75. The van der Waals surface area contributed by atoms with Crippen molar-refractivity contribution < 1.29 is 4.92 Å². The number of likely N-dealkylation sites (N-methyl/N-ethyl adjacent to an activating group) is 1. The number of hydrogen-bond acceptors (Lipinski definition) is 3. The molecule has 0 bridgehead atoms. The maximum atomic E-state index is 10.9. The third-order valence-corrected chi connectivity index (χ3v) is 2.55. The van der Waals surface area contributed by atoms with Gasteiger partial charge in [0.25, 0.3) is 5.69 Å². The number of nitrogens with one attached hydrogen (secondary N) is 1. The minimum absolute atomic E-state index is 0.162. The highest BCUT2D eigenvalue weighted by atomic mass is 16.6. The molecule has 0 saturated heterocycles. The minimum atomic E-state index is -0.341. The summed E-state index contributed by atoms with van der Waals surface area (Å²) in [5.74, 6) is 0. The van der Waals surface area contributed by atoms with E-state index in [0.717, 1.165) is 19.5 Å². The van der Waals surface area contributed by atoms with Crippen LogP contribution in [0.4, 0.5) is 5.69 Å². The molecule has 92 valence electrons. The molecule has 0 fully saturated rings. The van der Waals surface area contributed by atoms with E-state index in [4.69, 9.17) is 0 Å². The first-order valence-corrected chi connectivity index (χ1v) is 5.82. The molecule has 0 aliphatic rings. The van der Waals surface area contributed by atoms with E-state index in [9.17, 15) is 10.1 Å². The molecule has 4 heteroatoms. The predicted octanol–water partition coefficient (Wildman–Crippen LogP) is 3.00. The van der Waals surface area contributed by atoms with Crippen molar-refractivity contribution in [1.29, 1.82) is 0 Å². The van der Waals surface area contributed by atoms with Crippen molar-refractivity contribution in [3.8, 4) is 0 Å². The quantitative estimate of drug-likeness (QED) is 0.608. The average Bonchev–Trinajstić information content (AvgIpc) is 2.34. The van der Waals surface area contributed by atoms with Gasteiger partial charge in [-0.1, -0.05) is 31.6 Å². The van der Waals surface area contributed by atoms with Crippen LogP contribution in [0.2, 0.25) is 0 Å². The van der Waals surface area contributed by atoms with Gasteiger partial charge in [0.15, 0.2) is 0 Å². The van der Waals surface area contributed by atoms with E-state index in [1.165, 1.54) is 11.6 Å². The van der Waals surface area contributed by atoms with E-state index in [-0.39, 0.29) is 10.6 Å². The number of nitro groups is 1.